The van der Waals surface area contributed by atoms with Crippen LogP contribution in [-0.4, -0.2) is 81.1 Å². The predicted octanol–water partition coefficient (Wildman–Crippen LogP) is 4.79. The lowest BCUT2D eigenvalue weighted by molar-refractivity contribution is -0.771. The zero-order valence-electron chi connectivity index (χ0n) is 26.0. The fraction of sp³-hybridized carbons (Fsp3) is 0.457. The van der Waals surface area contributed by atoms with Crippen LogP contribution in [0, 0.1) is 11.6 Å². The molecule has 5 aromatic rings. The molecular weight excluding hydrogens is 607 g/mol. The van der Waals surface area contributed by atoms with Gasteiger partial charge in [-0.1, -0.05) is 6.07 Å². The molecular formula is C35H35F3N7O2+. The van der Waals surface area contributed by atoms with Gasteiger partial charge in [-0.3, -0.25) is 4.90 Å². The van der Waals surface area contributed by atoms with Gasteiger partial charge >= 0.3 is 6.01 Å². The molecule has 3 aromatic heterocycles. The van der Waals surface area contributed by atoms with Crippen molar-refractivity contribution in [1.82, 2.24) is 24.7 Å². The van der Waals surface area contributed by atoms with Gasteiger partial charge < -0.3 is 20.1 Å². The first-order valence-electron chi connectivity index (χ1n) is 16.7. The Bertz CT molecular complexity index is 2140. The lowest BCUT2D eigenvalue weighted by Gasteiger charge is -2.34. The number of hydrogen-bond acceptors (Lipinski definition) is 7. The van der Waals surface area contributed by atoms with Crippen LogP contribution in [0.5, 0.6) is 11.8 Å². The number of halogens is 3. The van der Waals surface area contributed by atoms with Crippen LogP contribution in [0.4, 0.5) is 19.0 Å². The molecule has 3 unspecified atom stereocenters. The zero-order chi connectivity index (χ0) is 31.8. The minimum atomic E-state index is -0.902. The Balaban J connectivity index is 1.23. The third kappa shape index (κ3) is 3.88. The molecule has 0 aliphatic carbocycles. The van der Waals surface area contributed by atoms with Gasteiger partial charge in [0.15, 0.2) is 17.7 Å². The van der Waals surface area contributed by atoms with Crippen molar-refractivity contribution in [2.45, 2.75) is 68.9 Å². The number of rotatable bonds is 4. The Hall–Kier alpha value is -4.16. The van der Waals surface area contributed by atoms with Crippen molar-refractivity contribution in [2.24, 2.45) is 0 Å². The monoisotopic (exact) mass is 642 g/mol. The molecule has 0 amide bonds. The topological polar surface area (TPSA) is 82.0 Å². The number of phenols is 1. The van der Waals surface area contributed by atoms with E-state index < -0.39 is 29.4 Å². The molecule has 12 heteroatoms. The number of ether oxygens (including phenoxy) is 1. The summed E-state index contributed by atoms with van der Waals surface area (Å²) in [5.41, 5.74) is 1.36. The maximum absolute atomic E-state index is 17.5. The highest BCUT2D eigenvalue weighted by atomic mass is 19.1. The molecule has 8 heterocycles. The first kappa shape index (κ1) is 27.9. The molecule has 2 N–H and O–H groups in total. The number of aromatic nitrogens is 4. The second-order valence-electron chi connectivity index (χ2n) is 14.2. The number of phenolic OH excluding ortho intramolecular Hbond substituents is 1. The quantitative estimate of drug-likeness (QED) is 0.273. The second-order valence-corrected chi connectivity index (χ2v) is 14.2. The molecule has 9 nitrogen and oxygen atoms in total. The summed E-state index contributed by atoms with van der Waals surface area (Å²) in [6.45, 7) is 4.78. The van der Waals surface area contributed by atoms with Crippen molar-refractivity contribution >= 4 is 33.0 Å². The molecule has 5 aliphatic rings. The van der Waals surface area contributed by atoms with Crippen LogP contribution < -0.4 is 19.6 Å². The minimum absolute atomic E-state index is 0.0437. The molecule has 47 heavy (non-hydrogen) atoms. The summed E-state index contributed by atoms with van der Waals surface area (Å²) in [7, 11) is 0. The number of anilines is 1. The number of benzene rings is 2. The van der Waals surface area contributed by atoms with E-state index in [0.29, 0.717) is 76.8 Å². The van der Waals surface area contributed by atoms with Gasteiger partial charge in [0, 0.05) is 62.1 Å². The van der Waals surface area contributed by atoms with Gasteiger partial charge in [-0.15, -0.1) is 9.20 Å². The number of pyridine rings is 1. The third-order valence-corrected chi connectivity index (χ3v) is 11.5. The van der Waals surface area contributed by atoms with Crippen molar-refractivity contribution in [2.75, 3.05) is 37.7 Å². The molecule has 10 rings (SSSR count). The van der Waals surface area contributed by atoms with Crippen LogP contribution in [0.3, 0.4) is 0 Å². The molecule has 5 aliphatic heterocycles. The van der Waals surface area contributed by atoms with Gasteiger partial charge in [-0.25, -0.2) is 13.2 Å². The Morgan fingerprint density at radius 1 is 1.09 bits per heavy atom. The Morgan fingerprint density at radius 3 is 2.74 bits per heavy atom. The van der Waals surface area contributed by atoms with Gasteiger partial charge in [0.1, 0.15) is 41.2 Å². The van der Waals surface area contributed by atoms with Crippen molar-refractivity contribution in [3.63, 3.8) is 0 Å². The lowest BCUT2D eigenvalue weighted by Crippen LogP contribution is -2.51. The number of nitrogens with one attached hydrogen (secondary N) is 1. The first-order valence-corrected chi connectivity index (χ1v) is 16.7. The van der Waals surface area contributed by atoms with Crippen LogP contribution in [0.2, 0.25) is 0 Å². The van der Waals surface area contributed by atoms with Crippen LogP contribution in [0.15, 0.2) is 36.5 Å². The fourth-order valence-electron chi connectivity index (χ4n) is 9.49. The van der Waals surface area contributed by atoms with Gasteiger partial charge in [0.25, 0.3) is 0 Å². The summed E-state index contributed by atoms with van der Waals surface area (Å²) in [5, 5.41) is 16.2. The number of hydrogen-bond donors (Lipinski definition) is 2. The number of nitrogens with zero attached hydrogens (tertiary/aromatic N) is 6. The molecule has 0 saturated carbocycles. The molecule has 0 spiro atoms. The summed E-state index contributed by atoms with van der Waals surface area (Å²) >= 11 is 0. The van der Waals surface area contributed by atoms with Crippen molar-refractivity contribution < 1.29 is 27.7 Å². The number of piperazine rings is 1. The highest BCUT2D eigenvalue weighted by Gasteiger charge is 2.49. The van der Waals surface area contributed by atoms with Crippen LogP contribution >= 0.6 is 0 Å². The predicted molar refractivity (Wildman–Crippen MR) is 170 cm³/mol. The summed E-state index contributed by atoms with van der Waals surface area (Å²) in [5.74, 6) is -0.452. The van der Waals surface area contributed by atoms with E-state index in [4.69, 9.17) is 14.7 Å². The third-order valence-electron chi connectivity index (χ3n) is 11.5. The molecule has 4 saturated heterocycles. The van der Waals surface area contributed by atoms with Crippen molar-refractivity contribution in [3.8, 4) is 23.0 Å². The van der Waals surface area contributed by atoms with E-state index in [-0.39, 0.29) is 29.6 Å². The molecule has 5 atom stereocenters. The molecule has 2 bridgehead atoms. The molecule has 0 radical (unpaired) electrons. The van der Waals surface area contributed by atoms with Crippen LogP contribution in [-0.2, 0) is 0 Å². The molecule has 4 fully saturated rings. The number of aromatic hydroxyl groups is 1. The Morgan fingerprint density at radius 2 is 1.91 bits per heavy atom. The smallest absolute Gasteiger partial charge is 0.319 e. The Labute approximate surface area is 268 Å². The van der Waals surface area contributed by atoms with Crippen molar-refractivity contribution in [1.29, 1.82) is 0 Å². The zero-order valence-corrected chi connectivity index (χ0v) is 26.0. The fourth-order valence-corrected chi connectivity index (χ4v) is 9.49. The van der Waals surface area contributed by atoms with Gasteiger partial charge in [0.05, 0.1) is 16.5 Å². The molecule has 242 valence electrons. The highest BCUT2D eigenvalue weighted by molar-refractivity contribution is 6.07. The van der Waals surface area contributed by atoms with E-state index >= 15 is 8.78 Å². The van der Waals surface area contributed by atoms with E-state index in [1.54, 1.807) is 16.6 Å². The van der Waals surface area contributed by atoms with E-state index in [1.165, 1.54) is 12.1 Å². The average molecular weight is 643 g/mol. The van der Waals surface area contributed by atoms with Crippen LogP contribution in [0.1, 0.15) is 50.6 Å². The average Bonchev–Trinajstić information content (AvgIpc) is 3.80. The lowest BCUT2D eigenvalue weighted by atomic mass is 9.93. The molecule has 2 aromatic carbocycles. The SMILES string of the molecule is CC1c2c(F)ccc3cc(O)cc(c23)-c2c(F)c3nc(OC[C@@]45CCCN4C[C@H](F)C5)nc(N4CC5CCC(C4)N5)c3c3cc[n+]1n23. The summed E-state index contributed by atoms with van der Waals surface area (Å²) < 4.78 is 57.7. The maximum atomic E-state index is 17.5. The summed E-state index contributed by atoms with van der Waals surface area (Å²) in [4.78, 5) is 14.1. The van der Waals surface area contributed by atoms with Gasteiger partial charge in [-0.05, 0) is 55.8 Å². The van der Waals surface area contributed by atoms with Gasteiger partial charge in [0.2, 0.25) is 6.04 Å². The summed E-state index contributed by atoms with van der Waals surface area (Å²) in [6, 6.07) is 8.19. The summed E-state index contributed by atoms with van der Waals surface area (Å²) in [6.07, 6.45) is 5.28. The van der Waals surface area contributed by atoms with E-state index in [9.17, 15) is 9.50 Å². The second kappa shape index (κ2) is 9.70. The minimum Gasteiger partial charge on any atom is -0.508 e. The van der Waals surface area contributed by atoms with Gasteiger partial charge in [-0.2, -0.15) is 9.97 Å². The normalized spacial score (nSPS) is 28.1. The van der Waals surface area contributed by atoms with Crippen molar-refractivity contribution in [3.05, 3.63) is 53.7 Å². The number of fused-ring (bicyclic) bond motifs is 6. The number of alkyl halides is 1. The van der Waals surface area contributed by atoms with E-state index in [2.05, 4.69) is 15.1 Å². The first-order chi connectivity index (χ1) is 22.8. The Kier molecular flexibility index (Phi) is 5.76. The van der Waals surface area contributed by atoms with Crippen LogP contribution in [0.25, 0.3) is 38.4 Å². The highest BCUT2D eigenvalue weighted by Crippen LogP contribution is 2.45. The maximum Gasteiger partial charge on any atom is 0.319 e. The van der Waals surface area contributed by atoms with E-state index in [1.807, 2.05) is 23.9 Å². The standard InChI is InChI=1S/C35H34F3N7O2/c1-18-27-25(37)6-3-19-11-23(46)12-24(28(19)27)32-30(38)31-29(26-7-10-44(18)45(26)32)33(42-15-21-4-5-22(16-42)39-21)41-34(40-31)47-17-35-8-2-9-43(35)14-20(36)13-35/h3,6-7,10-12,18,20-22,39H,2,4-5,8-9,13-17H2,1H3/p+1/t18?,20-,21?,22?,35+/m1/s1. The van der Waals surface area contributed by atoms with E-state index in [0.717, 1.165) is 32.2 Å². The largest absolute Gasteiger partial charge is 0.508 e.